The summed E-state index contributed by atoms with van der Waals surface area (Å²) < 4.78 is 0. The van der Waals surface area contributed by atoms with E-state index in [9.17, 15) is 4.79 Å². The van der Waals surface area contributed by atoms with Gasteiger partial charge in [0.1, 0.15) is 0 Å². The summed E-state index contributed by atoms with van der Waals surface area (Å²) in [5.41, 5.74) is 0. The Morgan fingerprint density at radius 2 is 1.30 bits per heavy atom. The Labute approximate surface area is 144 Å². The molecule has 136 valence electrons. The quantitative estimate of drug-likeness (QED) is 0.196. The van der Waals surface area contributed by atoms with Gasteiger partial charge in [-0.3, -0.25) is 9.63 Å². The number of carbonyl (C=O) groups excluding carboxylic acids is 1. The van der Waals surface area contributed by atoms with Crippen LogP contribution in [-0.2, 0) is 9.63 Å². The third kappa shape index (κ3) is 15.8. The van der Waals surface area contributed by atoms with E-state index in [4.69, 9.17) is 4.84 Å². The van der Waals surface area contributed by atoms with Gasteiger partial charge in [0.05, 0.1) is 7.11 Å². The van der Waals surface area contributed by atoms with Gasteiger partial charge in [0.2, 0.25) is 5.91 Å². The van der Waals surface area contributed by atoms with Gasteiger partial charge in [-0.05, 0) is 32.1 Å². The van der Waals surface area contributed by atoms with E-state index in [1.807, 2.05) is 0 Å². The lowest BCUT2D eigenvalue weighted by Gasteiger charge is -2.12. The Kier molecular flexibility index (Phi) is 16.9. The van der Waals surface area contributed by atoms with Crippen molar-refractivity contribution in [1.82, 2.24) is 5.06 Å². The highest BCUT2D eigenvalue weighted by Crippen LogP contribution is 2.10. The first-order valence-electron chi connectivity index (χ1n) is 9.68. The van der Waals surface area contributed by atoms with Crippen molar-refractivity contribution in [3.8, 4) is 0 Å². The van der Waals surface area contributed by atoms with E-state index in [1.54, 1.807) is 7.05 Å². The molecular formula is C20H39NO2. The van der Waals surface area contributed by atoms with Crippen LogP contribution in [0.4, 0.5) is 0 Å². The minimum atomic E-state index is 0.0762. The largest absolute Gasteiger partial charge is 0.275 e. The van der Waals surface area contributed by atoms with Crippen molar-refractivity contribution in [2.45, 2.75) is 96.8 Å². The highest BCUT2D eigenvalue weighted by molar-refractivity contribution is 5.74. The standard InChI is InChI=1S/C20H39NO2/c1-4-5-6-7-8-9-10-11-12-13-14-15-16-17-18-19-20(22)21(2)23-3/h10-11H,4-9,12-19H2,1-3H3/b11-10-. The van der Waals surface area contributed by atoms with Crippen molar-refractivity contribution in [2.24, 2.45) is 0 Å². The van der Waals surface area contributed by atoms with Gasteiger partial charge in [-0.15, -0.1) is 0 Å². The van der Waals surface area contributed by atoms with E-state index >= 15 is 0 Å². The number of unbranched alkanes of at least 4 members (excludes halogenated alkanes) is 11. The van der Waals surface area contributed by atoms with E-state index in [2.05, 4.69) is 19.1 Å². The number of allylic oxidation sites excluding steroid dienone is 2. The van der Waals surface area contributed by atoms with Crippen LogP contribution in [-0.4, -0.2) is 25.1 Å². The third-order valence-corrected chi connectivity index (χ3v) is 4.28. The minimum Gasteiger partial charge on any atom is -0.275 e. The molecule has 0 N–H and O–H groups in total. The molecule has 0 aliphatic heterocycles. The molecule has 3 nitrogen and oxygen atoms in total. The van der Waals surface area contributed by atoms with E-state index in [-0.39, 0.29) is 5.91 Å². The average molecular weight is 326 g/mol. The lowest BCUT2D eigenvalue weighted by molar-refractivity contribution is -0.168. The summed E-state index contributed by atoms with van der Waals surface area (Å²) in [7, 11) is 3.19. The fraction of sp³-hybridized carbons (Fsp3) is 0.850. The molecule has 0 spiro atoms. The maximum atomic E-state index is 11.5. The second-order valence-corrected chi connectivity index (χ2v) is 6.41. The van der Waals surface area contributed by atoms with Gasteiger partial charge < -0.3 is 0 Å². The Morgan fingerprint density at radius 1 is 0.826 bits per heavy atom. The number of rotatable bonds is 16. The highest BCUT2D eigenvalue weighted by Gasteiger charge is 2.06. The van der Waals surface area contributed by atoms with Crippen LogP contribution in [0.1, 0.15) is 96.8 Å². The van der Waals surface area contributed by atoms with Crippen LogP contribution < -0.4 is 0 Å². The van der Waals surface area contributed by atoms with Crippen molar-refractivity contribution in [1.29, 1.82) is 0 Å². The van der Waals surface area contributed by atoms with Gasteiger partial charge in [0, 0.05) is 13.5 Å². The molecule has 3 heteroatoms. The first kappa shape index (κ1) is 22.2. The van der Waals surface area contributed by atoms with Crippen LogP contribution in [0.3, 0.4) is 0 Å². The van der Waals surface area contributed by atoms with E-state index in [1.165, 1.54) is 82.8 Å². The van der Waals surface area contributed by atoms with Crippen LogP contribution in [0.15, 0.2) is 12.2 Å². The molecule has 0 unspecified atom stereocenters. The normalized spacial score (nSPS) is 11.3. The Bertz CT molecular complexity index is 289. The van der Waals surface area contributed by atoms with Crippen LogP contribution >= 0.6 is 0 Å². The molecule has 0 atom stereocenters. The lowest BCUT2D eigenvalue weighted by atomic mass is 10.1. The van der Waals surface area contributed by atoms with Gasteiger partial charge in [-0.1, -0.05) is 70.4 Å². The molecular weight excluding hydrogens is 286 g/mol. The Morgan fingerprint density at radius 3 is 1.83 bits per heavy atom. The van der Waals surface area contributed by atoms with Crippen molar-refractivity contribution >= 4 is 5.91 Å². The number of hydrogen-bond donors (Lipinski definition) is 0. The summed E-state index contributed by atoms with van der Waals surface area (Å²) in [4.78, 5) is 16.4. The summed E-state index contributed by atoms with van der Waals surface area (Å²) in [5, 5.41) is 1.32. The van der Waals surface area contributed by atoms with Gasteiger partial charge in [0.15, 0.2) is 0 Å². The molecule has 0 aromatic rings. The minimum absolute atomic E-state index is 0.0762. The monoisotopic (exact) mass is 325 g/mol. The first-order valence-corrected chi connectivity index (χ1v) is 9.68. The number of amides is 1. The van der Waals surface area contributed by atoms with Crippen LogP contribution in [0, 0.1) is 0 Å². The summed E-state index contributed by atoms with van der Waals surface area (Å²) >= 11 is 0. The maximum Gasteiger partial charge on any atom is 0.245 e. The Balaban J connectivity index is 3.20. The maximum absolute atomic E-state index is 11.5. The lowest BCUT2D eigenvalue weighted by Crippen LogP contribution is -2.24. The number of carbonyl (C=O) groups is 1. The second-order valence-electron chi connectivity index (χ2n) is 6.41. The molecule has 0 aliphatic rings. The molecule has 0 radical (unpaired) electrons. The van der Waals surface area contributed by atoms with Gasteiger partial charge >= 0.3 is 0 Å². The summed E-state index contributed by atoms with van der Waals surface area (Å²) in [5.74, 6) is 0.0762. The van der Waals surface area contributed by atoms with E-state index in [0.29, 0.717) is 6.42 Å². The molecule has 0 heterocycles. The topological polar surface area (TPSA) is 29.5 Å². The third-order valence-electron chi connectivity index (χ3n) is 4.28. The zero-order chi connectivity index (χ0) is 17.2. The fourth-order valence-electron chi connectivity index (χ4n) is 2.61. The van der Waals surface area contributed by atoms with Crippen molar-refractivity contribution < 1.29 is 9.63 Å². The molecule has 0 aromatic heterocycles. The highest BCUT2D eigenvalue weighted by atomic mass is 16.7. The molecule has 0 bridgehead atoms. The second kappa shape index (κ2) is 17.5. The summed E-state index contributed by atoms with van der Waals surface area (Å²) in [6, 6.07) is 0. The van der Waals surface area contributed by atoms with E-state index in [0.717, 1.165) is 12.8 Å². The summed E-state index contributed by atoms with van der Waals surface area (Å²) in [6.07, 6.45) is 22.0. The molecule has 0 aliphatic carbocycles. The van der Waals surface area contributed by atoms with Crippen LogP contribution in [0.2, 0.25) is 0 Å². The van der Waals surface area contributed by atoms with E-state index < -0.39 is 0 Å². The van der Waals surface area contributed by atoms with Gasteiger partial charge in [0.25, 0.3) is 0 Å². The van der Waals surface area contributed by atoms with Crippen LogP contribution in [0.5, 0.6) is 0 Å². The van der Waals surface area contributed by atoms with Crippen molar-refractivity contribution in [3.63, 3.8) is 0 Å². The van der Waals surface area contributed by atoms with Gasteiger partial charge in [-0.2, -0.15) is 0 Å². The number of hydroxylamine groups is 2. The molecule has 0 saturated carbocycles. The molecule has 0 aromatic carbocycles. The van der Waals surface area contributed by atoms with Crippen molar-refractivity contribution in [3.05, 3.63) is 12.2 Å². The van der Waals surface area contributed by atoms with Crippen LogP contribution in [0.25, 0.3) is 0 Å². The predicted molar refractivity (Wildman–Crippen MR) is 99.2 cm³/mol. The summed E-state index contributed by atoms with van der Waals surface area (Å²) in [6.45, 7) is 2.26. The SMILES string of the molecule is CCCCCCC/C=C\CCCCCCCCC(=O)N(C)OC. The molecule has 0 saturated heterocycles. The predicted octanol–water partition coefficient (Wildman–Crippen LogP) is 6.04. The van der Waals surface area contributed by atoms with Gasteiger partial charge in [-0.25, -0.2) is 5.06 Å². The molecule has 0 rings (SSSR count). The smallest absolute Gasteiger partial charge is 0.245 e. The zero-order valence-corrected chi connectivity index (χ0v) is 15.8. The molecule has 1 amide bonds. The molecule has 0 fully saturated rings. The number of nitrogens with zero attached hydrogens (tertiary/aromatic N) is 1. The zero-order valence-electron chi connectivity index (χ0n) is 15.8. The fourth-order valence-corrected chi connectivity index (χ4v) is 2.61. The first-order chi connectivity index (χ1) is 11.2. The van der Waals surface area contributed by atoms with Crippen molar-refractivity contribution in [2.75, 3.05) is 14.2 Å². The number of hydrogen-bond acceptors (Lipinski definition) is 2. The average Bonchev–Trinajstić information content (AvgIpc) is 2.57. The molecule has 23 heavy (non-hydrogen) atoms. The Hall–Kier alpha value is -0.830.